The van der Waals surface area contributed by atoms with E-state index >= 15 is 0 Å². The summed E-state index contributed by atoms with van der Waals surface area (Å²) < 4.78 is 0. The van der Waals surface area contributed by atoms with Crippen molar-refractivity contribution in [2.45, 2.75) is 19.6 Å². The van der Waals surface area contributed by atoms with Crippen LogP contribution in [-0.2, 0) is 24.4 Å². The maximum absolute atomic E-state index is 11.9. The quantitative estimate of drug-likeness (QED) is 0.630. The molecule has 0 radical (unpaired) electrons. The highest BCUT2D eigenvalue weighted by Gasteiger charge is 2.08. The Morgan fingerprint density at radius 3 is 2.32 bits per heavy atom. The summed E-state index contributed by atoms with van der Waals surface area (Å²) in [4.78, 5) is 22.0. The number of nitrogens with zero attached hydrogens (tertiary/aromatic N) is 1. The number of hydrogen-bond donors (Lipinski definition) is 2. The fourth-order valence-electron chi connectivity index (χ4n) is 2.06. The first-order chi connectivity index (χ1) is 10.6. The summed E-state index contributed by atoms with van der Waals surface area (Å²) in [5.41, 5.74) is 2.35. The van der Waals surface area contributed by atoms with E-state index in [0.717, 1.165) is 11.1 Å². The fraction of sp³-hybridized carbons (Fsp3) is 0.188. The first-order valence-electron chi connectivity index (χ1n) is 6.78. The lowest BCUT2D eigenvalue weighted by Crippen LogP contribution is -2.25. The SMILES string of the molecule is O=C(Cc1ccc([N+](=O)[O-])cc1)NCc1ccccc1CO. The second kappa shape index (κ2) is 7.33. The molecule has 2 aromatic rings. The highest BCUT2D eigenvalue weighted by Crippen LogP contribution is 2.12. The first-order valence-corrected chi connectivity index (χ1v) is 6.78. The zero-order chi connectivity index (χ0) is 15.9. The summed E-state index contributed by atoms with van der Waals surface area (Å²) in [6, 6.07) is 13.2. The number of carbonyl (C=O) groups is 1. The van der Waals surface area contributed by atoms with Crippen LogP contribution in [0.4, 0.5) is 5.69 Å². The molecule has 0 fully saturated rings. The molecule has 114 valence electrons. The van der Waals surface area contributed by atoms with Crippen molar-refractivity contribution in [3.8, 4) is 0 Å². The van der Waals surface area contributed by atoms with Crippen LogP contribution in [0, 0.1) is 10.1 Å². The largest absolute Gasteiger partial charge is 0.392 e. The molecule has 0 aromatic heterocycles. The molecule has 0 bridgehead atoms. The number of rotatable bonds is 6. The summed E-state index contributed by atoms with van der Waals surface area (Å²) in [5.74, 6) is -0.179. The standard InChI is InChI=1S/C16H16N2O4/c19-11-14-4-2-1-3-13(14)10-17-16(20)9-12-5-7-15(8-6-12)18(21)22/h1-8,19H,9-11H2,(H,17,20). The maximum atomic E-state index is 11.9. The number of aliphatic hydroxyl groups excluding tert-OH is 1. The van der Waals surface area contributed by atoms with Crippen LogP contribution < -0.4 is 5.32 Å². The van der Waals surface area contributed by atoms with Crippen molar-refractivity contribution in [2.75, 3.05) is 0 Å². The van der Waals surface area contributed by atoms with E-state index in [1.54, 1.807) is 18.2 Å². The zero-order valence-electron chi connectivity index (χ0n) is 11.9. The number of benzene rings is 2. The molecule has 1 amide bonds. The van der Waals surface area contributed by atoms with Crippen LogP contribution in [0.5, 0.6) is 0 Å². The van der Waals surface area contributed by atoms with Crippen LogP contribution in [0.25, 0.3) is 0 Å². The Hall–Kier alpha value is -2.73. The van der Waals surface area contributed by atoms with E-state index in [1.807, 2.05) is 18.2 Å². The number of aliphatic hydroxyl groups is 1. The van der Waals surface area contributed by atoms with Gasteiger partial charge in [0.1, 0.15) is 0 Å². The predicted molar refractivity (Wildman–Crippen MR) is 81.0 cm³/mol. The topological polar surface area (TPSA) is 92.5 Å². The third-order valence-corrected chi connectivity index (χ3v) is 3.28. The van der Waals surface area contributed by atoms with E-state index < -0.39 is 4.92 Å². The van der Waals surface area contributed by atoms with E-state index in [-0.39, 0.29) is 24.6 Å². The number of hydrogen-bond acceptors (Lipinski definition) is 4. The number of nitrogens with one attached hydrogen (secondary N) is 1. The van der Waals surface area contributed by atoms with E-state index in [1.165, 1.54) is 12.1 Å². The molecule has 22 heavy (non-hydrogen) atoms. The number of non-ortho nitro benzene ring substituents is 1. The second-order valence-electron chi connectivity index (χ2n) is 4.80. The lowest BCUT2D eigenvalue weighted by Gasteiger charge is -2.09. The van der Waals surface area contributed by atoms with Gasteiger partial charge >= 0.3 is 0 Å². The molecule has 0 saturated carbocycles. The molecule has 6 nitrogen and oxygen atoms in total. The van der Waals surface area contributed by atoms with Gasteiger partial charge < -0.3 is 10.4 Å². The molecule has 0 aliphatic carbocycles. The average molecular weight is 300 g/mol. The molecule has 0 heterocycles. The molecule has 2 N–H and O–H groups in total. The van der Waals surface area contributed by atoms with Crippen LogP contribution in [-0.4, -0.2) is 15.9 Å². The molecule has 0 atom stereocenters. The van der Waals surface area contributed by atoms with E-state index in [9.17, 15) is 20.0 Å². The summed E-state index contributed by atoms with van der Waals surface area (Å²) >= 11 is 0. The average Bonchev–Trinajstić information content (AvgIpc) is 2.53. The smallest absolute Gasteiger partial charge is 0.269 e. The van der Waals surface area contributed by atoms with Crippen molar-refractivity contribution < 1.29 is 14.8 Å². The highest BCUT2D eigenvalue weighted by molar-refractivity contribution is 5.78. The molecule has 0 spiro atoms. The molecule has 0 unspecified atom stereocenters. The van der Waals surface area contributed by atoms with Gasteiger partial charge in [0.15, 0.2) is 0 Å². The van der Waals surface area contributed by atoms with Crippen LogP contribution in [0.15, 0.2) is 48.5 Å². The van der Waals surface area contributed by atoms with Gasteiger partial charge in [0, 0.05) is 18.7 Å². The van der Waals surface area contributed by atoms with Crippen molar-refractivity contribution in [3.05, 3.63) is 75.3 Å². The van der Waals surface area contributed by atoms with Gasteiger partial charge in [-0.1, -0.05) is 36.4 Å². The fourth-order valence-corrected chi connectivity index (χ4v) is 2.06. The minimum atomic E-state index is -0.477. The Morgan fingerprint density at radius 2 is 1.73 bits per heavy atom. The molecule has 2 aromatic carbocycles. The van der Waals surface area contributed by atoms with Gasteiger partial charge in [-0.15, -0.1) is 0 Å². The van der Waals surface area contributed by atoms with Crippen LogP contribution in [0.3, 0.4) is 0 Å². The molecule has 0 saturated heterocycles. The number of nitro groups is 1. The molecule has 0 aliphatic heterocycles. The highest BCUT2D eigenvalue weighted by atomic mass is 16.6. The Kier molecular flexibility index (Phi) is 5.21. The van der Waals surface area contributed by atoms with Gasteiger partial charge in [-0.3, -0.25) is 14.9 Å². The number of carbonyl (C=O) groups excluding carboxylic acids is 1. The Bertz CT molecular complexity index is 668. The third kappa shape index (κ3) is 4.13. The molecule has 0 aliphatic rings. The van der Waals surface area contributed by atoms with Gasteiger partial charge in [0.25, 0.3) is 5.69 Å². The number of amides is 1. The van der Waals surface area contributed by atoms with Crippen LogP contribution in [0.2, 0.25) is 0 Å². The maximum Gasteiger partial charge on any atom is 0.269 e. The van der Waals surface area contributed by atoms with Crippen LogP contribution >= 0.6 is 0 Å². The summed E-state index contributed by atoms with van der Waals surface area (Å²) in [6.07, 6.45) is 0.152. The van der Waals surface area contributed by atoms with Crippen molar-refractivity contribution in [3.63, 3.8) is 0 Å². The van der Waals surface area contributed by atoms with Gasteiger partial charge in [0.05, 0.1) is 18.0 Å². The summed E-state index contributed by atoms with van der Waals surface area (Å²) in [7, 11) is 0. The molecule has 6 heteroatoms. The minimum Gasteiger partial charge on any atom is -0.392 e. The predicted octanol–water partition coefficient (Wildman–Crippen LogP) is 1.95. The third-order valence-electron chi connectivity index (χ3n) is 3.28. The van der Waals surface area contributed by atoms with Crippen molar-refractivity contribution in [2.24, 2.45) is 0 Å². The molecule has 2 rings (SSSR count). The van der Waals surface area contributed by atoms with Gasteiger partial charge in [0.2, 0.25) is 5.91 Å². The number of nitro benzene ring substituents is 1. The molecular weight excluding hydrogens is 284 g/mol. The lowest BCUT2D eigenvalue weighted by atomic mass is 10.1. The van der Waals surface area contributed by atoms with E-state index in [2.05, 4.69) is 5.32 Å². The lowest BCUT2D eigenvalue weighted by molar-refractivity contribution is -0.384. The molecular formula is C16H16N2O4. The van der Waals surface area contributed by atoms with E-state index in [0.29, 0.717) is 12.1 Å². The monoisotopic (exact) mass is 300 g/mol. The Labute approximate surface area is 127 Å². The minimum absolute atomic E-state index is 0.000955. The van der Waals surface area contributed by atoms with E-state index in [4.69, 9.17) is 0 Å². The second-order valence-corrected chi connectivity index (χ2v) is 4.80. The zero-order valence-corrected chi connectivity index (χ0v) is 11.9. The van der Waals surface area contributed by atoms with Gasteiger partial charge in [-0.25, -0.2) is 0 Å². The summed E-state index contributed by atoms with van der Waals surface area (Å²) in [5, 5.41) is 22.6. The van der Waals surface area contributed by atoms with Crippen LogP contribution in [0.1, 0.15) is 16.7 Å². The normalized spacial score (nSPS) is 10.2. The Morgan fingerprint density at radius 1 is 1.09 bits per heavy atom. The summed E-state index contributed by atoms with van der Waals surface area (Å²) in [6.45, 7) is 0.261. The van der Waals surface area contributed by atoms with Crippen molar-refractivity contribution in [1.82, 2.24) is 5.32 Å². The van der Waals surface area contributed by atoms with Crippen molar-refractivity contribution >= 4 is 11.6 Å². The van der Waals surface area contributed by atoms with Crippen molar-refractivity contribution in [1.29, 1.82) is 0 Å². The first kappa shape index (κ1) is 15.7. The van der Waals surface area contributed by atoms with Gasteiger partial charge in [-0.05, 0) is 16.7 Å². The Balaban J connectivity index is 1.91. The van der Waals surface area contributed by atoms with Gasteiger partial charge in [-0.2, -0.15) is 0 Å².